The highest BCUT2D eigenvalue weighted by molar-refractivity contribution is 7.90. The van der Waals surface area contributed by atoms with Crippen LogP contribution in [0.4, 0.5) is 5.69 Å². The Morgan fingerprint density at radius 2 is 2.00 bits per heavy atom. The van der Waals surface area contributed by atoms with Crippen LogP contribution in [0.25, 0.3) is 0 Å². The molecule has 1 saturated heterocycles. The number of hydrogen-bond donors (Lipinski definition) is 1. The average Bonchev–Trinajstić information content (AvgIpc) is 3.36. The van der Waals surface area contributed by atoms with E-state index in [0.717, 1.165) is 6.42 Å². The Balaban J connectivity index is 1.47. The van der Waals surface area contributed by atoms with Crippen LogP contribution in [0.2, 0.25) is 0 Å². The Labute approximate surface area is 186 Å². The van der Waals surface area contributed by atoms with Crippen molar-refractivity contribution in [2.24, 2.45) is 4.40 Å². The minimum atomic E-state index is -3.76. The third-order valence-electron chi connectivity index (χ3n) is 5.20. The summed E-state index contributed by atoms with van der Waals surface area (Å²) >= 11 is 0. The van der Waals surface area contributed by atoms with Gasteiger partial charge in [0.25, 0.3) is 10.0 Å². The van der Waals surface area contributed by atoms with Crippen molar-refractivity contribution < 1.29 is 27.5 Å². The molecule has 168 valence electrons. The van der Waals surface area contributed by atoms with Gasteiger partial charge < -0.3 is 19.7 Å². The number of hydrogen-bond acceptors (Lipinski definition) is 7. The van der Waals surface area contributed by atoms with E-state index in [1.165, 1.54) is 6.07 Å². The molecule has 0 saturated carbocycles. The van der Waals surface area contributed by atoms with Crippen molar-refractivity contribution in [3.63, 3.8) is 0 Å². The van der Waals surface area contributed by atoms with E-state index in [9.17, 15) is 18.0 Å². The molecule has 0 radical (unpaired) electrons. The number of benzene rings is 2. The number of likely N-dealkylation sites (tertiary alicyclic amines) is 1. The number of rotatable bonds is 6. The topological polar surface area (TPSA) is 114 Å². The van der Waals surface area contributed by atoms with Crippen LogP contribution in [0.15, 0.2) is 57.8 Å². The van der Waals surface area contributed by atoms with Crippen molar-refractivity contribution in [2.75, 3.05) is 25.1 Å². The van der Waals surface area contributed by atoms with Gasteiger partial charge in [-0.25, -0.2) is 4.79 Å². The number of carbonyl (C=O) groups excluding carboxylic acids is 2. The molecule has 4 rings (SSSR count). The number of esters is 1. The summed E-state index contributed by atoms with van der Waals surface area (Å²) < 4.78 is 39.0. The maximum absolute atomic E-state index is 13.0. The molecule has 2 aliphatic rings. The highest BCUT2D eigenvalue weighted by Gasteiger charge is 2.39. The third kappa shape index (κ3) is 4.45. The van der Waals surface area contributed by atoms with Gasteiger partial charge in [0.15, 0.2) is 12.4 Å². The Hall–Kier alpha value is -3.40. The standard InChI is InChI=1S/C22H23N3O6S/c1-2-30-20(26)14-31-16-8-5-7-15(13-16)23-22(27)18-10-6-12-25(18)21-17-9-3-4-11-19(17)32(28,29)24-21/h3-5,7-9,11,13,18H,2,6,10,12,14H2,1H3,(H,23,27)/t18-/m0/s1. The highest BCUT2D eigenvalue weighted by Crippen LogP contribution is 2.31. The number of nitrogens with one attached hydrogen (secondary N) is 1. The van der Waals surface area contributed by atoms with E-state index in [1.807, 2.05) is 0 Å². The van der Waals surface area contributed by atoms with Gasteiger partial charge in [-0.2, -0.15) is 8.42 Å². The Kier molecular flexibility index (Phi) is 6.13. The van der Waals surface area contributed by atoms with Crippen LogP contribution in [-0.4, -0.2) is 56.8 Å². The summed E-state index contributed by atoms with van der Waals surface area (Å²) in [6, 6.07) is 12.8. The fraction of sp³-hybridized carbons (Fsp3) is 0.318. The lowest BCUT2D eigenvalue weighted by atomic mass is 10.1. The molecule has 1 N–H and O–H groups in total. The van der Waals surface area contributed by atoms with E-state index in [4.69, 9.17) is 9.47 Å². The molecule has 0 bridgehead atoms. The second-order valence-corrected chi connectivity index (χ2v) is 8.92. The van der Waals surface area contributed by atoms with Crippen molar-refractivity contribution in [1.82, 2.24) is 4.90 Å². The zero-order valence-corrected chi connectivity index (χ0v) is 18.3. The van der Waals surface area contributed by atoms with Crippen molar-refractivity contribution in [2.45, 2.75) is 30.7 Å². The SMILES string of the molecule is CCOC(=O)COc1cccc(NC(=O)[C@@H]2CCCN2C2=NS(=O)(=O)c3ccccc32)c1. The zero-order chi connectivity index (χ0) is 22.7. The summed E-state index contributed by atoms with van der Waals surface area (Å²) in [5.41, 5.74) is 1.02. The number of anilines is 1. The lowest BCUT2D eigenvalue weighted by Gasteiger charge is -2.25. The quantitative estimate of drug-likeness (QED) is 0.661. The van der Waals surface area contributed by atoms with Crippen LogP contribution in [0.1, 0.15) is 25.3 Å². The molecule has 2 aliphatic heterocycles. The zero-order valence-electron chi connectivity index (χ0n) is 17.5. The number of amidine groups is 1. The van der Waals surface area contributed by atoms with Crippen molar-refractivity contribution in [1.29, 1.82) is 0 Å². The summed E-state index contributed by atoms with van der Waals surface area (Å²) in [5, 5.41) is 2.85. The van der Waals surface area contributed by atoms with Crippen LogP contribution >= 0.6 is 0 Å². The average molecular weight is 458 g/mol. The summed E-state index contributed by atoms with van der Waals surface area (Å²) in [4.78, 5) is 26.4. The predicted molar refractivity (Wildman–Crippen MR) is 117 cm³/mol. The minimum Gasteiger partial charge on any atom is -0.482 e. The molecule has 1 fully saturated rings. The first kappa shape index (κ1) is 21.8. The number of ether oxygens (including phenoxy) is 2. The molecular formula is C22H23N3O6S. The van der Waals surface area contributed by atoms with Gasteiger partial charge >= 0.3 is 5.97 Å². The van der Waals surface area contributed by atoms with Gasteiger partial charge in [-0.05, 0) is 44.0 Å². The van der Waals surface area contributed by atoms with Crippen LogP contribution in [0.5, 0.6) is 5.75 Å². The van der Waals surface area contributed by atoms with Crippen molar-refractivity contribution in [3.8, 4) is 5.75 Å². The van der Waals surface area contributed by atoms with Gasteiger partial charge in [-0.15, -0.1) is 4.40 Å². The lowest BCUT2D eigenvalue weighted by molar-refractivity contribution is -0.145. The molecule has 9 nitrogen and oxygen atoms in total. The van der Waals surface area contributed by atoms with E-state index in [1.54, 1.807) is 54.3 Å². The van der Waals surface area contributed by atoms with E-state index in [0.29, 0.717) is 35.8 Å². The molecule has 10 heteroatoms. The van der Waals surface area contributed by atoms with Gasteiger partial charge in [-0.3, -0.25) is 4.79 Å². The fourth-order valence-electron chi connectivity index (χ4n) is 3.82. The monoisotopic (exact) mass is 457 g/mol. The molecule has 2 aromatic rings. The van der Waals surface area contributed by atoms with E-state index < -0.39 is 22.0 Å². The smallest absolute Gasteiger partial charge is 0.344 e. The first-order valence-corrected chi connectivity index (χ1v) is 11.7. The summed E-state index contributed by atoms with van der Waals surface area (Å²) in [5.74, 6) is -0.0188. The first-order chi connectivity index (χ1) is 15.4. The van der Waals surface area contributed by atoms with Gasteiger partial charge in [0.2, 0.25) is 5.91 Å². The first-order valence-electron chi connectivity index (χ1n) is 10.3. The lowest BCUT2D eigenvalue weighted by Crippen LogP contribution is -2.43. The second-order valence-electron chi connectivity index (χ2n) is 7.35. The maximum atomic E-state index is 13.0. The Morgan fingerprint density at radius 3 is 2.81 bits per heavy atom. The molecular weight excluding hydrogens is 434 g/mol. The van der Waals surface area contributed by atoms with Crippen LogP contribution in [0.3, 0.4) is 0 Å². The van der Waals surface area contributed by atoms with Crippen molar-refractivity contribution >= 4 is 33.4 Å². The molecule has 0 aromatic heterocycles. The Bertz CT molecular complexity index is 1180. The minimum absolute atomic E-state index is 0.160. The molecule has 0 unspecified atom stereocenters. The Morgan fingerprint density at radius 1 is 1.19 bits per heavy atom. The molecule has 0 aliphatic carbocycles. The third-order valence-corrected chi connectivity index (χ3v) is 6.53. The molecule has 1 amide bonds. The van der Waals surface area contributed by atoms with Crippen molar-refractivity contribution in [3.05, 3.63) is 54.1 Å². The largest absolute Gasteiger partial charge is 0.482 e. The molecule has 32 heavy (non-hydrogen) atoms. The summed E-state index contributed by atoms with van der Waals surface area (Å²) in [6.45, 7) is 2.29. The van der Waals surface area contributed by atoms with Crippen LogP contribution in [-0.2, 0) is 24.3 Å². The number of sulfonamides is 1. The van der Waals surface area contributed by atoms with Gasteiger partial charge in [0.1, 0.15) is 16.7 Å². The molecule has 2 heterocycles. The fourth-order valence-corrected chi connectivity index (χ4v) is 5.04. The van der Waals surface area contributed by atoms with E-state index >= 15 is 0 Å². The molecule has 1 atom stereocenters. The number of nitrogens with zero attached hydrogens (tertiary/aromatic N) is 2. The van der Waals surface area contributed by atoms with Crippen LogP contribution in [0, 0.1) is 0 Å². The van der Waals surface area contributed by atoms with Gasteiger partial charge in [-0.1, -0.05) is 18.2 Å². The maximum Gasteiger partial charge on any atom is 0.344 e. The van der Waals surface area contributed by atoms with Gasteiger partial charge in [0, 0.05) is 23.9 Å². The molecule has 0 spiro atoms. The second kappa shape index (κ2) is 8.99. The predicted octanol–water partition coefficient (Wildman–Crippen LogP) is 2.18. The number of fused-ring (bicyclic) bond motifs is 1. The normalized spacial score (nSPS) is 18.6. The summed E-state index contributed by atoms with van der Waals surface area (Å²) in [6.07, 6.45) is 1.31. The number of amides is 1. The summed E-state index contributed by atoms with van der Waals surface area (Å²) in [7, 11) is -3.76. The van der Waals surface area contributed by atoms with Gasteiger partial charge in [0.05, 0.1) is 6.61 Å². The van der Waals surface area contributed by atoms with E-state index in [-0.39, 0.29) is 24.0 Å². The van der Waals surface area contributed by atoms with Crippen LogP contribution < -0.4 is 10.1 Å². The van der Waals surface area contributed by atoms with E-state index in [2.05, 4.69) is 9.71 Å². The molecule has 2 aromatic carbocycles. The number of carbonyl (C=O) groups is 2. The highest BCUT2D eigenvalue weighted by atomic mass is 32.2.